The van der Waals surface area contributed by atoms with E-state index < -0.39 is 0 Å². The van der Waals surface area contributed by atoms with Gasteiger partial charge < -0.3 is 5.32 Å². The Balaban J connectivity index is 2.05. The van der Waals surface area contributed by atoms with E-state index in [0.29, 0.717) is 0 Å². The van der Waals surface area contributed by atoms with Crippen LogP contribution in [0.2, 0.25) is 0 Å². The van der Waals surface area contributed by atoms with E-state index in [4.69, 9.17) is 23.2 Å². The zero-order valence-corrected chi connectivity index (χ0v) is 13.7. The summed E-state index contributed by atoms with van der Waals surface area (Å²) in [6, 6.07) is 7.49. The van der Waals surface area contributed by atoms with Gasteiger partial charge in [0, 0.05) is 10.2 Å². The van der Waals surface area contributed by atoms with Crippen molar-refractivity contribution in [1.82, 2.24) is 0 Å². The fraction of sp³-hybridized carbons (Fsp3) is 0.357. The molecule has 0 bridgehead atoms. The van der Waals surface area contributed by atoms with E-state index in [1.54, 1.807) is 6.08 Å². The standard InChI is InChI=1S/C14H14BrCl2NO/c1-14(2)10(7-11(16)17)12(14)13(19)18-9-5-3-8(15)4-6-9/h3-7,10,12H,1-2H3,(H,18,19). The molecule has 2 rings (SSSR count). The molecule has 1 aliphatic carbocycles. The van der Waals surface area contributed by atoms with Crippen molar-refractivity contribution in [3.63, 3.8) is 0 Å². The first-order valence-electron chi connectivity index (χ1n) is 5.91. The number of hydrogen-bond acceptors (Lipinski definition) is 1. The lowest BCUT2D eigenvalue weighted by molar-refractivity contribution is -0.118. The molecule has 2 nitrogen and oxygen atoms in total. The number of allylic oxidation sites excluding steroid dienone is 1. The maximum absolute atomic E-state index is 12.2. The summed E-state index contributed by atoms with van der Waals surface area (Å²) in [7, 11) is 0. The number of hydrogen-bond donors (Lipinski definition) is 1. The highest BCUT2D eigenvalue weighted by Crippen LogP contribution is 2.59. The van der Waals surface area contributed by atoms with Crippen LogP contribution in [0.25, 0.3) is 0 Å². The van der Waals surface area contributed by atoms with Crippen LogP contribution in [0.4, 0.5) is 5.69 Å². The molecule has 1 aromatic carbocycles. The van der Waals surface area contributed by atoms with Gasteiger partial charge in [-0.2, -0.15) is 0 Å². The van der Waals surface area contributed by atoms with E-state index in [2.05, 4.69) is 21.2 Å². The van der Waals surface area contributed by atoms with Gasteiger partial charge in [0.2, 0.25) is 5.91 Å². The lowest BCUT2D eigenvalue weighted by Crippen LogP contribution is -2.16. The highest BCUT2D eigenvalue weighted by atomic mass is 79.9. The van der Waals surface area contributed by atoms with Gasteiger partial charge in [-0.05, 0) is 41.7 Å². The van der Waals surface area contributed by atoms with E-state index in [9.17, 15) is 4.79 Å². The summed E-state index contributed by atoms with van der Waals surface area (Å²) in [5.41, 5.74) is 0.685. The average Bonchev–Trinajstić information content (AvgIpc) is 2.83. The Hall–Kier alpha value is -0.510. The van der Waals surface area contributed by atoms with Crippen LogP contribution in [0, 0.1) is 17.3 Å². The van der Waals surface area contributed by atoms with Crippen LogP contribution >= 0.6 is 39.1 Å². The minimum absolute atomic E-state index is 0.00292. The normalized spacial score (nSPS) is 23.6. The van der Waals surface area contributed by atoms with Gasteiger partial charge in [0.25, 0.3) is 0 Å². The van der Waals surface area contributed by atoms with Gasteiger partial charge in [0.1, 0.15) is 4.49 Å². The van der Waals surface area contributed by atoms with Crippen LogP contribution < -0.4 is 5.32 Å². The predicted molar refractivity (Wildman–Crippen MR) is 83.3 cm³/mol. The number of nitrogens with one attached hydrogen (secondary N) is 1. The van der Waals surface area contributed by atoms with E-state index in [-0.39, 0.29) is 27.6 Å². The highest BCUT2D eigenvalue weighted by Gasteiger charge is 2.60. The number of amides is 1. The number of carbonyl (C=O) groups excluding carboxylic acids is 1. The lowest BCUT2D eigenvalue weighted by atomic mass is 10.1. The topological polar surface area (TPSA) is 29.1 Å². The lowest BCUT2D eigenvalue weighted by Gasteiger charge is -2.06. The molecule has 0 saturated heterocycles. The molecule has 0 aliphatic heterocycles. The second-order valence-electron chi connectivity index (χ2n) is 5.28. The van der Waals surface area contributed by atoms with Gasteiger partial charge in [0.05, 0.1) is 5.92 Å². The van der Waals surface area contributed by atoms with Crippen molar-refractivity contribution in [3.05, 3.63) is 39.3 Å². The Morgan fingerprint density at radius 3 is 2.42 bits per heavy atom. The molecule has 2 atom stereocenters. The highest BCUT2D eigenvalue weighted by molar-refractivity contribution is 9.10. The van der Waals surface area contributed by atoms with Gasteiger partial charge >= 0.3 is 0 Å². The number of rotatable bonds is 3. The Kier molecular flexibility index (Phi) is 4.29. The molecular formula is C14H14BrCl2NO. The summed E-state index contributed by atoms with van der Waals surface area (Å²) >= 11 is 14.7. The van der Waals surface area contributed by atoms with Crippen molar-refractivity contribution < 1.29 is 4.79 Å². The van der Waals surface area contributed by atoms with Gasteiger partial charge in [-0.3, -0.25) is 4.79 Å². The van der Waals surface area contributed by atoms with E-state index in [1.807, 2.05) is 38.1 Å². The van der Waals surface area contributed by atoms with Crippen molar-refractivity contribution >= 4 is 50.7 Å². The first-order valence-corrected chi connectivity index (χ1v) is 7.46. The summed E-state index contributed by atoms with van der Waals surface area (Å²) in [5.74, 6) is -0.000231. The quantitative estimate of drug-likeness (QED) is 0.807. The third kappa shape index (κ3) is 3.33. The Morgan fingerprint density at radius 2 is 1.89 bits per heavy atom. The van der Waals surface area contributed by atoms with Crippen LogP contribution in [-0.4, -0.2) is 5.91 Å². The van der Waals surface area contributed by atoms with Crippen LogP contribution in [-0.2, 0) is 4.79 Å². The number of anilines is 1. The molecule has 0 radical (unpaired) electrons. The molecule has 2 unspecified atom stereocenters. The molecule has 1 amide bonds. The second kappa shape index (κ2) is 5.47. The van der Waals surface area contributed by atoms with Crippen LogP contribution in [0.15, 0.2) is 39.3 Å². The first-order chi connectivity index (χ1) is 8.82. The van der Waals surface area contributed by atoms with E-state index in [0.717, 1.165) is 10.2 Å². The number of benzene rings is 1. The molecule has 1 aliphatic rings. The molecule has 0 heterocycles. The smallest absolute Gasteiger partial charge is 0.228 e. The van der Waals surface area contributed by atoms with Gasteiger partial charge in [0.15, 0.2) is 0 Å². The van der Waals surface area contributed by atoms with Crippen molar-refractivity contribution in [2.75, 3.05) is 5.32 Å². The maximum atomic E-state index is 12.2. The van der Waals surface area contributed by atoms with Crippen LogP contribution in [0.3, 0.4) is 0 Å². The average molecular weight is 363 g/mol. The molecule has 102 valence electrons. The van der Waals surface area contributed by atoms with Gasteiger partial charge in [-0.25, -0.2) is 0 Å². The van der Waals surface area contributed by atoms with Crippen molar-refractivity contribution in [2.45, 2.75) is 13.8 Å². The molecule has 1 N–H and O–H groups in total. The minimum atomic E-state index is -0.103. The summed E-state index contributed by atoms with van der Waals surface area (Å²) in [6.45, 7) is 4.08. The summed E-state index contributed by atoms with van der Waals surface area (Å²) in [4.78, 5) is 12.2. The Morgan fingerprint density at radius 1 is 1.32 bits per heavy atom. The Labute approximate surface area is 131 Å². The molecule has 1 fully saturated rings. The number of halogens is 3. The zero-order chi connectivity index (χ0) is 14.2. The molecular weight excluding hydrogens is 349 g/mol. The van der Waals surface area contributed by atoms with Gasteiger partial charge in [-0.15, -0.1) is 0 Å². The van der Waals surface area contributed by atoms with Crippen LogP contribution in [0.5, 0.6) is 0 Å². The minimum Gasteiger partial charge on any atom is -0.326 e. The largest absolute Gasteiger partial charge is 0.326 e. The maximum Gasteiger partial charge on any atom is 0.228 e. The zero-order valence-electron chi connectivity index (χ0n) is 10.6. The molecule has 0 spiro atoms. The fourth-order valence-electron chi connectivity index (χ4n) is 2.38. The summed E-state index contributed by atoms with van der Waals surface area (Å²) in [6.07, 6.45) is 1.74. The third-order valence-electron chi connectivity index (χ3n) is 3.61. The SMILES string of the molecule is CC1(C)C(C=C(Cl)Cl)C1C(=O)Nc1ccc(Br)cc1. The third-order valence-corrected chi connectivity index (χ3v) is 4.39. The van der Waals surface area contributed by atoms with Crippen molar-refractivity contribution in [2.24, 2.45) is 17.3 Å². The second-order valence-corrected chi connectivity index (χ2v) is 7.20. The van der Waals surface area contributed by atoms with Gasteiger partial charge in [-0.1, -0.05) is 53.0 Å². The molecule has 19 heavy (non-hydrogen) atoms. The summed E-state index contributed by atoms with van der Waals surface area (Å²) < 4.78 is 1.20. The van der Waals surface area contributed by atoms with E-state index >= 15 is 0 Å². The monoisotopic (exact) mass is 361 g/mol. The van der Waals surface area contributed by atoms with E-state index in [1.165, 1.54) is 0 Å². The van der Waals surface area contributed by atoms with Crippen molar-refractivity contribution in [1.29, 1.82) is 0 Å². The molecule has 0 aromatic heterocycles. The first kappa shape index (κ1) is 14.9. The van der Waals surface area contributed by atoms with Crippen LogP contribution in [0.1, 0.15) is 13.8 Å². The Bertz CT molecular complexity index is 521. The molecule has 1 saturated carbocycles. The predicted octanol–water partition coefficient (Wildman–Crippen LogP) is 4.98. The molecule has 1 aromatic rings. The summed E-state index contributed by atoms with van der Waals surface area (Å²) in [5, 5.41) is 2.91. The molecule has 5 heteroatoms. The number of carbonyl (C=O) groups is 1. The van der Waals surface area contributed by atoms with Crippen molar-refractivity contribution in [3.8, 4) is 0 Å². The fourth-order valence-corrected chi connectivity index (χ4v) is 2.91.